The average molecular weight is 412 g/mol. The number of nitrogens with zero attached hydrogens (tertiary/aromatic N) is 3. The predicted molar refractivity (Wildman–Crippen MR) is 108 cm³/mol. The van der Waals surface area contributed by atoms with Gasteiger partial charge in [0.15, 0.2) is 10.9 Å². The molecule has 0 saturated carbocycles. The number of hydrogen-bond acceptors (Lipinski definition) is 8. The topological polar surface area (TPSA) is 97.6 Å². The first kappa shape index (κ1) is 19.3. The lowest BCUT2D eigenvalue weighted by atomic mass is 10.1. The van der Waals surface area contributed by atoms with Gasteiger partial charge in [-0.25, -0.2) is 9.78 Å². The van der Waals surface area contributed by atoms with Crippen LogP contribution in [-0.4, -0.2) is 53.0 Å². The normalized spacial score (nSPS) is 15.2. The molecule has 1 saturated heterocycles. The lowest BCUT2D eigenvalue weighted by Gasteiger charge is -2.28. The molecule has 1 fully saturated rings. The van der Waals surface area contributed by atoms with Crippen molar-refractivity contribution in [1.82, 2.24) is 14.9 Å². The highest BCUT2D eigenvalue weighted by Crippen LogP contribution is 2.33. The first-order chi connectivity index (χ1) is 14.1. The number of nitrogens with one attached hydrogen (secondary N) is 1. The van der Waals surface area contributed by atoms with E-state index in [2.05, 4.69) is 20.2 Å². The molecular formula is C20H20N4O4S. The van der Waals surface area contributed by atoms with Crippen molar-refractivity contribution in [2.24, 2.45) is 0 Å². The third kappa shape index (κ3) is 4.52. The third-order valence-corrected chi connectivity index (χ3v) is 5.60. The number of furan rings is 1. The van der Waals surface area contributed by atoms with Gasteiger partial charge in [0.2, 0.25) is 5.78 Å². The zero-order valence-electron chi connectivity index (χ0n) is 15.8. The third-order valence-electron chi connectivity index (χ3n) is 4.63. The number of ether oxygens (including phenoxy) is 1. The summed E-state index contributed by atoms with van der Waals surface area (Å²) in [5.41, 5.74) is 0.662. The van der Waals surface area contributed by atoms with E-state index < -0.39 is 6.09 Å². The average Bonchev–Trinajstić information content (AvgIpc) is 3.39. The molecule has 0 unspecified atom stereocenters. The van der Waals surface area contributed by atoms with Crippen molar-refractivity contribution < 1.29 is 18.7 Å². The van der Waals surface area contributed by atoms with Crippen molar-refractivity contribution in [3.8, 4) is 11.5 Å². The number of carbonyl (C=O) groups is 2. The Balaban J connectivity index is 1.53. The standard InChI is InChI=1S/C20H20N4O4S/c1-24-10-7-13(8-11-24)28-20(26)23-19-22-16(15-6-4-12-27-15)18(29-19)17(25)14-5-2-3-9-21-14/h2-6,9,12-13H,7-8,10-11H2,1H3,(H,22,23,26). The van der Waals surface area contributed by atoms with E-state index in [1.165, 1.54) is 6.26 Å². The van der Waals surface area contributed by atoms with Crippen LogP contribution >= 0.6 is 11.3 Å². The van der Waals surface area contributed by atoms with Gasteiger partial charge in [-0.2, -0.15) is 0 Å². The Hall–Kier alpha value is -3.04. The van der Waals surface area contributed by atoms with Gasteiger partial charge < -0.3 is 14.1 Å². The van der Waals surface area contributed by atoms with E-state index in [-0.39, 0.29) is 17.0 Å². The number of likely N-dealkylation sites (tertiary alicyclic amines) is 1. The van der Waals surface area contributed by atoms with Crippen molar-refractivity contribution in [2.45, 2.75) is 18.9 Å². The Bertz CT molecular complexity index is 979. The van der Waals surface area contributed by atoms with E-state index in [1.54, 1.807) is 36.5 Å². The fourth-order valence-electron chi connectivity index (χ4n) is 3.09. The fourth-order valence-corrected chi connectivity index (χ4v) is 4.00. The zero-order chi connectivity index (χ0) is 20.2. The summed E-state index contributed by atoms with van der Waals surface area (Å²) in [5.74, 6) is 0.156. The van der Waals surface area contributed by atoms with Crippen molar-refractivity contribution >= 4 is 28.3 Å². The predicted octanol–water partition coefficient (Wildman–Crippen LogP) is 3.67. The number of pyridine rings is 1. The lowest BCUT2D eigenvalue weighted by Crippen LogP contribution is -2.36. The van der Waals surface area contributed by atoms with Crippen LogP contribution in [0.15, 0.2) is 47.2 Å². The van der Waals surface area contributed by atoms with Crippen molar-refractivity contribution in [3.05, 3.63) is 53.4 Å². The van der Waals surface area contributed by atoms with Gasteiger partial charge in [0.25, 0.3) is 0 Å². The van der Waals surface area contributed by atoms with Crippen molar-refractivity contribution in [2.75, 3.05) is 25.5 Å². The van der Waals surface area contributed by atoms with Crippen LogP contribution in [-0.2, 0) is 4.74 Å². The highest BCUT2D eigenvalue weighted by molar-refractivity contribution is 7.18. The molecule has 3 aromatic heterocycles. The fraction of sp³-hybridized carbons (Fsp3) is 0.300. The molecule has 8 nitrogen and oxygen atoms in total. The van der Waals surface area contributed by atoms with Gasteiger partial charge in [-0.05, 0) is 44.2 Å². The van der Waals surface area contributed by atoms with Gasteiger partial charge in [0, 0.05) is 19.3 Å². The van der Waals surface area contributed by atoms with Gasteiger partial charge in [0.1, 0.15) is 22.4 Å². The Labute approximate surface area is 171 Å². The van der Waals surface area contributed by atoms with Crippen LogP contribution in [0.5, 0.6) is 0 Å². The molecule has 3 aromatic rings. The van der Waals surface area contributed by atoms with Crippen LogP contribution in [0.2, 0.25) is 0 Å². The van der Waals surface area contributed by atoms with Crippen LogP contribution in [0.3, 0.4) is 0 Å². The summed E-state index contributed by atoms with van der Waals surface area (Å²) in [6.07, 6.45) is 3.96. The summed E-state index contributed by atoms with van der Waals surface area (Å²) in [7, 11) is 2.04. The maximum absolute atomic E-state index is 12.9. The number of thiazole rings is 1. The molecule has 9 heteroatoms. The van der Waals surface area contributed by atoms with Gasteiger partial charge in [0.05, 0.1) is 6.26 Å². The smallest absolute Gasteiger partial charge is 0.413 e. The van der Waals surface area contributed by atoms with Crippen LogP contribution < -0.4 is 5.32 Å². The molecule has 0 bridgehead atoms. The summed E-state index contributed by atoms with van der Waals surface area (Å²) in [6, 6.07) is 8.54. The molecule has 1 N–H and O–H groups in total. The van der Waals surface area contributed by atoms with Crippen LogP contribution in [0.25, 0.3) is 11.5 Å². The molecular weight excluding hydrogens is 392 g/mol. The number of rotatable bonds is 5. The van der Waals surface area contributed by atoms with Gasteiger partial charge in [-0.15, -0.1) is 0 Å². The number of amides is 1. The van der Waals surface area contributed by atoms with E-state index in [0.717, 1.165) is 37.3 Å². The Morgan fingerprint density at radius 1 is 1.24 bits per heavy atom. The summed E-state index contributed by atoms with van der Waals surface area (Å²) in [5, 5.41) is 2.92. The molecule has 1 aliphatic rings. The summed E-state index contributed by atoms with van der Waals surface area (Å²) in [4.78, 5) is 36.3. The highest BCUT2D eigenvalue weighted by atomic mass is 32.1. The monoisotopic (exact) mass is 412 g/mol. The molecule has 4 heterocycles. The minimum atomic E-state index is -0.573. The maximum atomic E-state index is 12.9. The van der Waals surface area contributed by atoms with Crippen molar-refractivity contribution in [3.63, 3.8) is 0 Å². The molecule has 0 aliphatic carbocycles. The van der Waals surface area contributed by atoms with Crippen LogP contribution in [0.4, 0.5) is 9.93 Å². The Kier molecular flexibility index (Phi) is 5.68. The molecule has 4 rings (SSSR count). The highest BCUT2D eigenvalue weighted by Gasteiger charge is 2.25. The van der Waals surface area contributed by atoms with E-state index in [0.29, 0.717) is 22.0 Å². The molecule has 150 valence electrons. The Morgan fingerprint density at radius 3 is 2.76 bits per heavy atom. The minimum Gasteiger partial charge on any atom is -0.463 e. The second-order valence-electron chi connectivity index (χ2n) is 6.75. The van der Waals surface area contributed by atoms with E-state index in [9.17, 15) is 9.59 Å². The second-order valence-corrected chi connectivity index (χ2v) is 7.75. The summed E-state index contributed by atoms with van der Waals surface area (Å²) in [6.45, 7) is 1.78. The van der Waals surface area contributed by atoms with Crippen molar-refractivity contribution in [1.29, 1.82) is 0 Å². The number of anilines is 1. The Morgan fingerprint density at radius 2 is 2.07 bits per heavy atom. The molecule has 0 radical (unpaired) electrons. The first-order valence-electron chi connectivity index (χ1n) is 9.27. The number of hydrogen-bond donors (Lipinski definition) is 1. The number of ketones is 1. The van der Waals surface area contributed by atoms with Crippen LogP contribution in [0.1, 0.15) is 28.2 Å². The largest absolute Gasteiger partial charge is 0.463 e. The van der Waals surface area contributed by atoms with Gasteiger partial charge in [-0.3, -0.25) is 15.1 Å². The minimum absolute atomic E-state index is 0.120. The quantitative estimate of drug-likeness (QED) is 0.639. The SMILES string of the molecule is CN1CCC(OC(=O)Nc2nc(-c3ccco3)c(C(=O)c3ccccn3)s2)CC1. The molecule has 29 heavy (non-hydrogen) atoms. The second kappa shape index (κ2) is 8.54. The maximum Gasteiger partial charge on any atom is 0.413 e. The van der Waals surface area contributed by atoms with Gasteiger partial charge >= 0.3 is 6.09 Å². The number of aromatic nitrogens is 2. The summed E-state index contributed by atoms with van der Waals surface area (Å²) >= 11 is 1.07. The van der Waals surface area contributed by atoms with E-state index in [4.69, 9.17) is 9.15 Å². The molecule has 0 aromatic carbocycles. The number of carbonyl (C=O) groups excluding carboxylic acids is 2. The first-order valence-corrected chi connectivity index (χ1v) is 10.1. The zero-order valence-corrected chi connectivity index (χ0v) is 16.6. The molecule has 0 spiro atoms. The van der Waals surface area contributed by atoms with Gasteiger partial charge in [-0.1, -0.05) is 17.4 Å². The van der Waals surface area contributed by atoms with E-state index >= 15 is 0 Å². The molecule has 1 amide bonds. The molecule has 1 aliphatic heterocycles. The molecule has 0 atom stereocenters. The lowest BCUT2D eigenvalue weighted by molar-refractivity contribution is 0.0661. The summed E-state index contributed by atoms with van der Waals surface area (Å²) < 4.78 is 10.9. The van der Waals surface area contributed by atoms with Crippen LogP contribution in [0, 0.1) is 0 Å². The number of piperidine rings is 1. The van der Waals surface area contributed by atoms with E-state index in [1.807, 2.05) is 7.05 Å².